The van der Waals surface area contributed by atoms with Gasteiger partial charge >= 0.3 is 0 Å². The largest absolute Gasteiger partial charge is 0.316 e. The fourth-order valence-corrected chi connectivity index (χ4v) is 3.26. The van der Waals surface area contributed by atoms with E-state index in [4.69, 9.17) is 0 Å². The number of hydrogen-bond donors (Lipinski definition) is 1. The molecule has 1 N–H and O–H groups in total. The predicted molar refractivity (Wildman–Crippen MR) is 67.9 cm³/mol. The van der Waals surface area contributed by atoms with E-state index in [0.717, 1.165) is 12.3 Å². The molecule has 6 heteroatoms. The van der Waals surface area contributed by atoms with Crippen LogP contribution in [0.15, 0.2) is 0 Å². The third kappa shape index (κ3) is 5.75. The van der Waals surface area contributed by atoms with Gasteiger partial charge < -0.3 is 5.32 Å². The van der Waals surface area contributed by atoms with Crippen LogP contribution in [0.3, 0.4) is 0 Å². The van der Waals surface area contributed by atoms with Gasteiger partial charge in [0.25, 0.3) is 0 Å². The van der Waals surface area contributed by atoms with Crippen LogP contribution in [0.5, 0.6) is 0 Å². The maximum Gasteiger partial charge on any atom is 0.215 e. The minimum atomic E-state index is -3.10. The fourth-order valence-electron chi connectivity index (χ4n) is 1.14. The predicted octanol–water partition coefficient (Wildman–Crippen LogP) is 0.609. The first-order valence-corrected chi connectivity index (χ1v) is 8.11. The molecule has 15 heavy (non-hydrogen) atoms. The maximum absolute atomic E-state index is 11.8. The van der Waals surface area contributed by atoms with Gasteiger partial charge in [-0.15, -0.1) is 0 Å². The molecule has 0 aromatic carbocycles. The minimum Gasteiger partial charge on any atom is -0.316 e. The van der Waals surface area contributed by atoms with Crippen LogP contribution >= 0.6 is 11.8 Å². The summed E-state index contributed by atoms with van der Waals surface area (Å²) < 4.78 is 25.1. The van der Waals surface area contributed by atoms with Crippen molar-refractivity contribution in [3.63, 3.8) is 0 Å². The lowest BCUT2D eigenvalue weighted by molar-refractivity contribution is 0.414. The van der Waals surface area contributed by atoms with Crippen molar-refractivity contribution in [2.45, 2.75) is 19.9 Å². The van der Waals surface area contributed by atoms with Crippen molar-refractivity contribution in [3.8, 4) is 0 Å². The van der Waals surface area contributed by atoms with Crippen LogP contribution in [0.2, 0.25) is 0 Å². The average molecular weight is 254 g/mol. The summed E-state index contributed by atoms with van der Waals surface area (Å²) in [6.07, 6.45) is 1.98. The van der Waals surface area contributed by atoms with Gasteiger partial charge in [-0.05, 0) is 19.7 Å². The SMILES string of the molecule is CCNCCS(=O)(=O)N(C)C(C)CSC. The number of rotatable bonds is 8. The molecule has 0 spiro atoms. The highest BCUT2D eigenvalue weighted by Crippen LogP contribution is 2.08. The molecular weight excluding hydrogens is 232 g/mol. The lowest BCUT2D eigenvalue weighted by Crippen LogP contribution is -2.40. The van der Waals surface area contributed by atoms with Gasteiger partial charge in [0.15, 0.2) is 0 Å². The van der Waals surface area contributed by atoms with E-state index < -0.39 is 10.0 Å². The summed E-state index contributed by atoms with van der Waals surface area (Å²) in [5.41, 5.74) is 0. The highest BCUT2D eigenvalue weighted by atomic mass is 32.2. The quantitative estimate of drug-likeness (QED) is 0.645. The highest BCUT2D eigenvalue weighted by molar-refractivity contribution is 7.98. The lowest BCUT2D eigenvalue weighted by Gasteiger charge is -2.23. The maximum atomic E-state index is 11.8. The van der Waals surface area contributed by atoms with Crippen LogP contribution in [0.1, 0.15) is 13.8 Å². The van der Waals surface area contributed by atoms with Gasteiger partial charge in [0, 0.05) is 25.4 Å². The summed E-state index contributed by atoms with van der Waals surface area (Å²) in [4.78, 5) is 0. The molecular formula is C9H22N2O2S2. The Balaban J connectivity index is 4.19. The molecule has 1 atom stereocenters. The van der Waals surface area contributed by atoms with Gasteiger partial charge in [-0.25, -0.2) is 12.7 Å². The van der Waals surface area contributed by atoms with Crippen LogP contribution in [0.25, 0.3) is 0 Å². The molecule has 0 saturated carbocycles. The second-order valence-electron chi connectivity index (χ2n) is 3.49. The minimum absolute atomic E-state index is 0.0617. The van der Waals surface area contributed by atoms with Crippen LogP contribution < -0.4 is 5.32 Å². The van der Waals surface area contributed by atoms with Gasteiger partial charge in [0.1, 0.15) is 0 Å². The molecule has 0 aliphatic carbocycles. The molecule has 4 nitrogen and oxygen atoms in total. The summed E-state index contributed by atoms with van der Waals surface area (Å²) >= 11 is 1.66. The van der Waals surface area contributed by atoms with Crippen molar-refractivity contribution in [2.24, 2.45) is 0 Å². The zero-order chi connectivity index (χ0) is 11.9. The van der Waals surface area contributed by atoms with Gasteiger partial charge in [-0.2, -0.15) is 11.8 Å². The number of hydrogen-bond acceptors (Lipinski definition) is 4. The Morgan fingerprint density at radius 3 is 2.53 bits per heavy atom. The normalized spacial score (nSPS) is 14.5. The van der Waals surface area contributed by atoms with Crippen molar-refractivity contribution in [3.05, 3.63) is 0 Å². The third-order valence-corrected chi connectivity index (χ3v) is 5.03. The van der Waals surface area contributed by atoms with Crippen LogP contribution in [-0.4, -0.2) is 56.7 Å². The fraction of sp³-hybridized carbons (Fsp3) is 1.00. The molecule has 0 saturated heterocycles. The van der Waals surface area contributed by atoms with Crippen molar-refractivity contribution in [1.29, 1.82) is 0 Å². The first-order valence-electron chi connectivity index (χ1n) is 5.11. The molecule has 0 radical (unpaired) electrons. The van der Waals surface area contributed by atoms with Crippen LogP contribution in [0, 0.1) is 0 Å². The molecule has 0 aliphatic rings. The Hall–Kier alpha value is 0.220. The molecule has 0 heterocycles. The van der Waals surface area contributed by atoms with E-state index in [2.05, 4.69) is 5.32 Å². The first-order chi connectivity index (χ1) is 6.95. The summed E-state index contributed by atoms with van der Waals surface area (Å²) in [5, 5.41) is 3.02. The number of nitrogens with zero attached hydrogens (tertiary/aromatic N) is 1. The monoisotopic (exact) mass is 254 g/mol. The molecule has 1 unspecified atom stereocenters. The van der Waals surface area contributed by atoms with Gasteiger partial charge in [0.2, 0.25) is 10.0 Å². The van der Waals surface area contributed by atoms with Crippen molar-refractivity contribution < 1.29 is 8.42 Å². The topological polar surface area (TPSA) is 49.4 Å². The Morgan fingerprint density at radius 2 is 2.07 bits per heavy atom. The van der Waals surface area contributed by atoms with E-state index in [0.29, 0.717) is 6.54 Å². The summed E-state index contributed by atoms with van der Waals surface area (Å²) in [6.45, 7) is 5.22. The van der Waals surface area contributed by atoms with E-state index in [1.165, 1.54) is 4.31 Å². The smallest absolute Gasteiger partial charge is 0.215 e. The Bertz CT molecular complexity index is 255. The van der Waals surface area contributed by atoms with Gasteiger partial charge in [-0.1, -0.05) is 6.92 Å². The Morgan fingerprint density at radius 1 is 1.47 bits per heavy atom. The molecule has 0 bridgehead atoms. The standard InChI is InChI=1S/C9H22N2O2S2/c1-5-10-6-7-15(12,13)11(3)9(2)8-14-4/h9-10H,5-8H2,1-4H3. The Labute approximate surface area is 97.9 Å². The summed E-state index contributed by atoms with van der Waals surface area (Å²) in [6, 6.07) is 0.0617. The van der Waals surface area contributed by atoms with Crippen molar-refractivity contribution in [2.75, 3.05) is 37.9 Å². The highest BCUT2D eigenvalue weighted by Gasteiger charge is 2.21. The zero-order valence-electron chi connectivity index (χ0n) is 9.99. The third-order valence-electron chi connectivity index (χ3n) is 2.25. The van der Waals surface area contributed by atoms with E-state index in [1.807, 2.05) is 20.1 Å². The molecule has 0 aromatic rings. The van der Waals surface area contributed by atoms with E-state index in [-0.39, 0.29) is 11.8 Å². The first kappa shape index (κ1) is 15.2. The molecule has 0 fully saturated rings. The number of sulfonamides is 1. The zero-order valence-corrected chi connectivity index (χ0v) is 11.6. The number of nitrogens with one attached hydrogen (secondary N) is 1. The molecule has 0 aromatic heterocycles. The summed E-state index contributed by atoms with van der Waals surface area (Å²) in [5.74, 6) is 1.01. The van der Waals surface area contributed by atoms with E-state index >= 15 is 0 Å². The van der Waals surface area contributed by atoms with E-state index in [1.54, 1.807) is 18.8 Å². The number of thioether (sulfide) groups is 1. The van der Waals surface area contributed by atoms with Crippen LogP contribution in [-0.2, 0) is 10.0 Å². The molecule has 0 aliphatic heterocycles. The average Bonchev–Trinajstić information content (AvgIpc) is 2.17. The van der Waals surface area contributed by atoms with Crippen molar-refractivity contribution >= 4 is 21.8 Å². The summed E-state index contributed by atoms with van der Waals surface area (Å²) in [7, 11) is -1.44. The van der Waals surface area contributed by atoms with E-state index in [9.17, 15) is 8.42 Å². The second kappa shape index (κ2) is 7.49. The molecule has 0 amide bonds. The van der Waals surface area contributed by atoms with Crippen molar-refractivity contribution in [1.82, 2.24) is 9.62 Å². The van der Waals surface area contributed by atoms with Gasteiger partial charge in [-0.3, -0.25) is 0 Å². The molecule has 92 valence electrons. The van der Waals surface area contributed by atoms with Gasteiger partial charge in [0.05, 0.1) is 5.75 Å². The van der Waals surface area contributed by atoms with Crippen LogP contribution in [0.4, 0.5) is 0 Å². The Kier molecular flexibility index (Phi) is 7.60. The lowest BCUT2D eigenvalue weighted by atomic mass is 10.4. The molecule has 0 rings (SSSR count). The second-order valence-corrected chi connectivity index (χ2v) is 6.55.